The van der Waals surface area contributed by atoms with E-state index in [4.69, 9.17) is 0 Å². The molecule has 0 bridgehead atoms. The lowest BCUT2D eigenvalue weighted by Gasteiger charge is -2.46. The number of Topliss-reactive ketones (excluding diaryl/α,β-unsaturated/α-hetero) is 1. The lowest BCUT2D eigenvalue weighted by Crippen LogP contribution is -2.52. The Balaban J connectivity index is 1.73. The minimum absolute atomic E-state index is 0.0183. The maximum atomic E-state index is 13.2. The van der Waals surface area contributed by atoms with E-state index in [0.717, 1.165) is 57.8 Å². The topological polar surface area (TPSA) is 51.2 Å². The number of carbonyl (C=O) groups excluding carboxylic acids is 1. The van der Waals surface area contributed by atoms with E-state index in [2.05, 4.69) is 19.9 Å². The van der Waals surface area contributed by atoms with Gasteiger partial charge in [0.2, 0.25) is 0 Å². The maximum absolute atomic E-state index is 13.2. The van der Waals surface area contributed by atoms with Gasteiger partial charge in [-0.15, -0.1) is 0 Å². The lowest BCUT2D eigenvalue weighted by molar-refractivity contribution is -0.128. The monoisotopic (exact) mass is 380 g/mol. The second-order valence-corrected chi connectivity index (χ2v) is 13.4. The van der Waals surface area contributed by atoms with Crippen LogP contribution >= 0.6 is 0 Å². The molecule has 0 saturated heterocycles. The number of sulfone groups is 1. The van der Waals surface area contributed by atoms with Crippen molar-refractivity contribution in [3.63, 3.8) is 0 Å². The number of allylic oxidation sites excluding steroid dienone is 2. The summed E-state index contributed by atoms with van der Waals surface area (Å²) in [6.07, 6.45) is 10.4. The van der Waals surface area contributed by atoms with Crippen LogP contribution in [-0.2, 0) is 14.6 Å². The van der Waals surface area contributed by atoms with Crippen molar-refractivity contribution in [2.75, 3.05) is 0 Å². The van der Waals surface area contributed by atoms with E-state index in [1.807, 2.05) is 20.8 Å². The van der Waals surface area contributed by atoms with Crippen LogP contribution < -0.4 is 0 Å². The highest BCUT2D eigenvalue weighted by Crippen LogP contribution is 2.55. The second kappa shape index (κ2) is 6.46. The average Bonchev–Trinajstić information content (AvgIpc) is 2.83. The zero-order valence-electron chi connectivity index (χ0n) is 17.2. The molecule has 3 aliphatic carbocycles. The van der Waals surface area contributed by atoms with E-state index in [9.17, 15) is 13.2 Å². The normalized spacial score (nSPS) is 32.6. The van der Waals surface area contributed by atoms with Crippen LogP contribution in [0.4, 0.5) is 0 Å². The van der Waals surface area contributed by atoms with Gasteiger partial charge in [0.15, 0.2) is 9.84 Å². The molecule has 148 valence electrons. The molecule has 4 heteroatoms. The number of carbonyl (C=O) groups is 1. The van der Waals surface area contributed by atoms with Gasteiger partial charge in [0.05, 0.1) is 9.49 Å². The molecule has 3 nitrogen and oxygen atoms in total. The number of rotatable bonds is 5. The molecule has 2 saturated carbocycles. The van der Waals surface area contributed by atoms with Gasteiger partial charge < -0.3 is 0 Å². The summed E-state index contributed by atoms with van der Waals surface area (Å²) in [6.45, 7) is 10.0. The van der Waals surface area contributed by atoms with E-state index >= 15 is 0 Å². The van der Waals surface area contributed by atoms with Gasteiger partial charge in [-0.2, -0.15) is 0 Å². The van der Waals surface area contributed by atoms with Gasteiger partial charge >= 0.3 is 0 Å². The molecule has 26 heavy (non-hydrogen) atoms. The Labute approximate surface area is 159 Å². The molecule has 0 amide bonds. The van der Waals surface area contributed by atoms with Crippen LogP contribution in [-0.4, -0.2) is 23.7 Å². The zero-order chi connectivity index (χ0) is 19.4. The molecule has 0 N–H and O–H groups in total. The zero-order valence-corrected chi connectivity index (χ0v) is 18.0. The Morgan fingerprint density at radius 3 is 2.38 bits per heavy atom. The lowest BCUT2D eigenvalue weighted by atomic mass is 9.63. The molecule has 0 aliphatic heterocycles. The molecular formula is C22H36O3S. The Morgan fingerprint density at radius 1 is 1.19 bits per heavy atom. The molecule has 3 atom stereocenters. The molecule has 0 radical (unpaired) electrons. The van der Waals surface area contributed by atoms with Crippen molar-refractivity contribution < 1.29 is 13.2 Å². The molecule has 3 rings (SSSR count). The summed E-state index contributed by atoms with van der Waals surface area (Å²) in [7, 11) is -3.14. The Hall–Kier alpha value is -0.640. The van der Waals surface area contributed by atoms with Crippen LogP contribution in [0, 0.1) is 17.3 Å². The molecule has 0 aromatic rings. The average molecular weight is 381 g/mol. The molecule has 0 unspecified atom stereocenters. The minimum Gasteiger partial charge on any atom is -0.299 e. The third-order valence-corrected chi connectivity index (χ3v) is 11.1. The summed E-state index contributed by atoms with van der Waals surface area (Å²) in [4.78, 5) is 12.4. The van der Waals surface area contributed by atoms with Gasteiger partial charge in [-0.3, -0.25) is 4.79 Å². The first-order valence-corrected chi connectivity index (χ1v) is 11.9. The van der Waals surface area contributed by atoms with Crippen molar-refractivity contribution in [1.29, 1.82) is 0 Å². The first kappa shape index (κ1) is 20.1. The first-order chi connectivity index (χ1) is 11.9. The molecule has 0 heterocycles. The predicted octanol–water partition coefficient (Wildman–Crippen LogP) is 5.24. The van der Waals surface area contributed by atoms with Crippen molar-refractivity contribution in [2.24, 2.45) is 17.3 Å². The highest BCUT2D eigenvalue weighted by molar-refractivity contribution is 7.94. The van der Waals surface area contributed by atoms with Gasteiger partial charge in [0.25, 0.3) is 0 Å². The summed E-state index contributed by atoms with van der Waals surface area (Å²) >= 11 is 0. The molecular weight excluding hydrogens is 344 g/mol. The number of hydrogen-bond acceptors (Lipinski definition) is 3. The van der Waals surface area contributed by atoms with E-state index in [-0.39, 0.29) is 11.3 Å². The summed E-state index contributed by atoms with van der Waals surface area (Å²) in [5, 5.41) is 0. The van der Waals surface area contributed by atoms with Crippen molar-refractivity contribution in [1.82, 2.24) is 0 Å². The SMILES string of the molecule is C[C@H](CCC1(S(=O)(=O)C(C)(C)C)CCC1)C1=CC[C@H]2C(=O)CCC[C@]12C. The fourth-order valence-electron chi connectivity index (χ4n) is 5.82. The maximum Gasteiger partial charge on any atom is 0.160 e. The molecule has 0 aromatic heterocycles. The second-order valence-electron chi connectivity index (χ2n) is 10.3. The van der Waals surface area contributed by atoms with Crippen LogP contribution in [0.25, 0.3) is 0 Å². The van der Waals surface area contributed by atoms with Crippen LogP contribution in [0.3, 0.4) is 0 Å². The number of ketones is 1. The van der Waals surface area contributed by atoms with E-state index in [0.29, 0.717) is 11.7 Å². The largest absolute Gasteiger partial charge is 0.299 e. The quantitative estimate of drug-likeness (QED) is 0.613. The van der Waals surface area contributed by atoms with Crippen molar-refractivity contribution in [3.8, 4) is 0 Å². The van der Waals surface area contributed by atoms with Gasteiger partial charge in [0.1, 0.15) is 5.78 Å². The fraction of sp³-hybridized carbons (Fsp3) is 0.864. The van der Waals surface area contributed by atoms with Crippen molar-refractivity contribution in [3.05, 3.63) is 11.6 Å². The Morgan fingerprint density at radius 2 is 1.85 bits per heavy atom. The highest BCUT2D eigenvalue weighted by atomic mass is 32.2. The van der Waals surface area contributed by atoms with Crippen LogP contribution in [0.2, 0.25) is 0 Å². The van der Waals surface area contributed by atoms with Crippen LogP contribution in [0.5, 0.6) is 0 Å². The summed E-state index contributed by atoms with van der Waals surface area (Å²) in [5.74, 6) is 0.969. The van der Waals surface area contributed by atoms with Gasteiger partial charge in [-0.1, -0.05) is 31.9 Å². The summed E-state index contributed by atoms with van der Waals surface area (Å²) < 4.78 is 25.1. The first-order valence-electron chi connectivity index (χ1n) is 10.4. The van der Waals surface area contributed by atoms with Gasteiger partial charge in [-0.05, 0) is 77.0 Å². The van der Waals surface area contributed by atoms with Gasteiger partial charge in [-0.25, -0.2) is 8.42 Å². The summed E-state index contributed by atoms with van der Waals surface area (Å²) in [5.41, 5.74) is 1.45. The number of fused-ring (bicyclic) bond motifs is 1. The predicted molar refractivity (Wildman–Crippen MR) is 107 cm³/mol. The van der Waals surface area contributed by atoms with E-state index in [1.165, 1.54) is 5.57 Å². The Kier molecular flexibility index (Phi) is 5.00. The third kappa shape index (κ3) is 2.91. The number of hydrogen-bond donors (Lipinski definition) is 0. The van der Waals surface area contributed by atoms with Crippen molar-refractivity contribution in [2.45, 2.75) is 102 Å². The summed E-state index contributed by atoms with van der Waals surface area (Å²) in [6, 6.07) is 0. The van der Waals surface area contributed by atoms with Crippen LogP contribution in [0.15, 0.2) is 11.6 Å². The standard InChI is InChI=1S/C22H36O3S/c1-16(17-9-10-18-19(23)8-6-12-21(17,18)5)11-15-22(13-7-14-22)26(24,25)20(2,3)4/h9,16,18H,6-8,10-15H2,1-5H3/t16-,18+,21-/m1/s1. The van der Waals surface area contributed by atoms with Crippen LogP contribution in [0.1, 0.15) is 92.4 Å². The van der Waals surface area contributed by atoms with Gasteiger partial charge in [0, 0.05) is 12.3 Å². The minimum atomic E-state index is -3.14. The Bertz CT molecular complexity index is 706. The molecule has 0 aromatic carbocycles. The van der Waals surface area contributed by atoms with E-state index < -0.39 is 19.3 Å². The molecule has 0 spiro atoms. The van der Waals surface area contributed by atoms with Crippen molar-refractivity contribution >= 4 is 15.6 Å². The third-order valence-electron chi connectivity index (χ3n) is 7.71. The fourth-order valence-corrected chi connectivity index (χ4v) is 8.33. The molecule has 2 fully saturated rings. The highest BCUT2D eigenvalue weighted by Gasteiger charge is 2.54. The smallest absolute Gasteiger partial charge is 0.160 e. The molecule has 3 aliphatic rings. The van der Waals surface area contributed by atoms with E-state index in [1.54, 1.807) is 0 Å².